The van der Waals surface area contributed by atoms with Crippen LogP contribution in [0.15, 0.2) is 6.20 Å². The van der Waals surface area contributed by atoms with E-state index in [1.54, 1.807) is 6.92 Å². The summed E-state index contributed by atoms with van der Waals surface area (Å²) in [6.07, 6.45) is 1.45. The third kappa shape index (κ3) is 1.94. The van der Waals surface area contributed by atoms with Crippen LogP contribution in [0.25, 0.3) is 0 Å². The maximum atomic E-state index is 11.1. The van der Waals surface area contributed by atoms with E-state index < -0.39 is 0 Å². The topological polar surface area (TPSA) is 48.4 Å². The SMILES string of the molecule is CCOC(=O)c1cnc(OC)s1. The fourth-order valence-corrected chi connectivity index (χ4v) is 1.27. The molecule has 0 spiro atoms. The molecule has 1 rings (SSSR count). The monoisotopic (exact) mass is 187 g/mol. The molecular formula is C7H9NO3S. The Kier molecular flexibility index (Phi) is 3.04. The molecule has 0 saturated heterocycles. The van der Waals surface area contributed by atoms with Crippen molar-refractivity contribution >= 4 is 17.3 Å². The molecule has 1 heterocycles. The largest absolute Gasteiger partial charge is 0.473 e. The Hall–Kier alpha value is -1.10. The zero-order valence-electron chi connectivity index (χ0n) is 6.86. The zero-order valence-corrected chi connectivity index (χ0v) is 7.68. The van der Waals surface area contributed by atoms with E-state index in [2.05, 4.69) is 4.98 Å². The first kappa shape index (κ1) is 8.99. The van der Waals surface area contributed by atoms with Gasteiger partial charge in [0.05, 0.1) is 19.9 Å². The molecule has 0 fully saturated rings. The van der Waals surface area contributed by atoms with Crippen LogP contribution in [0, 0.1) is 0 Å². The number of thiazole rings is 1. The number of aromatic nitrogens is 1. The number of hydrogen-bond acceptors (Lipinski definition) is 5. The van der Waals surface area contributed by atoms with Crippen molar-refractivity contribution in [3.05, 3.63) is 11.1 Å². The van der Waals surface area contributed by atoms with Crippen LogP contribution >= 0.6 is 11.3 Å². The fraction of sp³-hybridized carbons (Fsp3) is 0.429. The maximum Gasteiger partial charge on any atom is 0.350 e. The highest BCUT2D eigenvalue weighted by atomic mass is 32.1. The van der Waals surface area contributed by atoms with Gasteiger partial charge < -0.3 is 9.47 Å². The van der Waals surface area contributed by atoms with Crippen molar-refractivity contribution in [2.45, 2.75) is 6.92 Å². The molecule has 0 radical (unpaired) electrons. The van der Waals surface area contributed by atoms with Crippen molar-refractivity contribution in [1.82, 2.24) is 4.98 Å². The van der Waals surface area contributed by atoms with Crippen molar-refractivity contribution in [3.63, 3.8) is 0 Å². The highest BCUT2D eigenvalue weighted by Gasteiger charge is 2.10. The van der Waals surface area contributed by atoms with E-state index in [0.29, 0.717) is 16.7 Å². The highest BCUT2D eigenvalue weighted by Crippen LogP contribution is 2.20. The molecule has 0 aliphatic rings. The summed E-state index contributed by atoms with van der Waals surface area (Å²) in [7, 11) is 1.51. The zero-order chi connectivity index (χ0) is 8.97. The average molecular weight is 187 g/mol. The Labute approximate surface area is 74.1 Å². The summed E-state index contributed by atoms with van der Waals surface area (Å²) < 4.78 is 9.58. The number of rotatable bonds is 3. The second-order valence-electron chi connectivity index (χ2n) is 1.92. The summed E-state index contributed by atoms with van der Waals surface area (Å²) >= 11 is 1.17. The van der Waals surface area contributed by atoms with Gasteiger partial charge in [-0.1, -0.05) is 11.3 Å². The Balaban J connectivity index is 2.68. The Morgan fingerprint density at radius 1 is 1.75 bits per heavy atom. The third-order valence-corrected chi connectivity index (χ3v) is 2.07. The van der Waals surface area contributed by atoms with Crippen molar-refractivity contribution in [2.75, 3.05) is 13.7 Å². The Bertz CT molecular complexity index is 271. The van der Waals surface area contributed by atoms with Crippen molar-refractivity contribution in [3.8, 4) is 5.19 Å². The van der Waals surface area contributed by atoms with Crippen LogP contribution in [0.2, 0.25) is 0 Å². The van der Waals surface area contributed by atoms with E-state index in [9.17, 15) is 4.79 Å². The second kappa shape index (κ2) is 4.06. The van der Waals surface area contributed by atoms with Gasteiger partial charge in [-0.15, -0.1) is 0 Å². The van der Waals surface area contributed by atoms with Crippen LogP contribution in [-0.2, 0) is 4.74 Å². The van der Waals surface area contributed by atoms with E-state index >= 15 is 0 Å². The summed E-state index contributed by atoms with van der Waals surface area (Å²) in [4.78, 5) is 15.4. The maximum absolute atomic E-state index is 11.1. The van der Waals surface area contributed by atoms with Crippen molar-refractivity contribution < 1.29 is 14.3 Å². The minimum absolute atomic E-state index is 0.349. The number of carbonyl (C=O) groups excluding carboxylic acids is 1. The van der Waals surface area contributed by atoms with Gasteiger partial charge in [0.1, 0.15) is 4.88 Å². The van der Waals surface area contributed by atoms with Gasteiger partial charge in [0.25, 0.3) is 5.19 Å². The lowest BCUT2D eigenvalue weighted by Gasteiger charge is -1.95. The molecule has 4 nitrogen and oxygen atoms in total. The number of carbonyl (C=O) groups is 1. The number of nitrogens with zero attached hydrogens (tertiary/aromatic N) is 1. The highest BCUT2D eigenvalue weighted by molar-refractivity contribution is 7.15. The molecule has 0 unspecified atom stereocenters. The second-order valence-corrected chi connectivity index (χ2v) is 2.91. The van der Waals surface area contributed by atoms with Gasteiger partial charge in [-0.3, -0.25) is 0 Å². The minimum atomic E-state index is -0.349. The summed E-state index contributed by atoms with van der Waals surface area (Å²) in [5.41, 5.74) is 0. The number of ether oxygens (including phenoxy) is 2. The van der Waals surface area contributed by atoms with Crippen LogP contribution in [0.5, 0.6) is 5.19 Å². The van der Waals surface area contributed by atoms with E-state index in [-0.39, 0.29) is 5.97 Å². The summed E-state index contributed by atoms with van der Waals surface area (Å²) in [6.45, 7) is 2.13. The molecule has 66 valence electrons. The van der Waals surface area contributed by atoms with Crippen LogP contribution in [0.4, 0.5) is 0 Å². The molecule has 1 aromatic heterocycles. The molecule has 5 heteroatoms. The molecule has 0 aromatic carbocycles. The van der Waals surface area contributed by atoms with Gasteiger partial charge in [0.2, 0.25) is 0 Å². The molecule has 1 aromatic rings. The van der Waals surface area contributed by atoms with Gasteiger partial charge in [-0.05, 0) is 6.92 Å². The number of methoxy groups -OCH3 is 1. The molecule has 0 atom stereocenters. The number of hydrogen-bond donors (Lipinski definition) is 0. The van der Waals surface area contributed by atoms with Crippen molar-refractivity contribution in [2.24, 2.45) is 0 Å². The average Bonchev–Trinajstić information content (AvgIpc) is 2.52. The summed E-state index contributed by atoms with van der Waals surface area (Å²) in [6, 6.07) is 0. The lowest BCUT2D eigenvalue weighted by molar-refractivity contribution is 0.0532. The van der Waals surface area contributed by atoms with Crippen LogP contribution in [0.1, 0.15) is 16.6 Å². The van der Waals surface area contributed by atoms with Crippen LogP contribution < -0.4 is 4.74 Å². The first-order chi connectivity index (χ1) is 5.77. The standard InChI is InChI=1S/C7H9NO3S/c1-3-11-6(9)5-4-8-7(10-2)12-5/h4H,3H2,1-2H3. The fourth-order valence-electron chi connectivity index (χ4n) is 0.649. The van der Waals surface area contributed by atoms with E-state index in [1.165, 1.54) is 24.6 Å². The lowest BCUT2D eigenvalue weighted by atomic mass is 10.6. The predicted molar refractivity (Wildman–Crippen MR) is 44.6 cm³/mol. The molecule has 0 amide bonds. The first-order valence-corrected chi connectivity index (χ1v) is 4.26. The molecule has 0 bridgehead atoms. The first-order valence-electron chi connectivity index (χ1n) is 3.45. The van der Waals surface area contributed by atoms with E-state index in [1.807, 2.05) is 0 Å². The molecule has 0 aliphatic heterocycles. The Morgan fingerprint density at radius 3 is 3.00 bits per heavy atom. The molecular weight excluding hydrogens is 178 g/mol. The van der Waals surface area contributed by atoms with Crippen LogP contribution in [0.3, 0.4) is 0 Å². The van der Waals surface area contributed by atoms with E-state index in [0.717, 1.165) is 0 Å². The third-order valence-electron chi connectivity index (χ3n) is 1.14. The Morgan fingerprint density at radius 2 is 2.50 bits per heavy atom. The molecule has 12 heavy (non-hydrogen) atoms. The smallest absolute Gasteiger partial charge is 0.350 e. The van der Waals surface area contributed by atoms with Crippen LogP contribution in [-0.4, -0.2) is 24.7 Å². The molecule has 0 aliphatic carbocycles. The number of esters is 1. The normalized spacial score (nSPS) is 9.50. The quantitative estimate of drug-likeness (QED) is 0.670. The van der Waals surface area contributed by atoms with E-state index in [4.69, 9.17) is 9.47 Å². The predicted octanol–water partition coefficient (Wildman–Crippen LogP) is 1.33. The van der Waals surface area contributed by atoms with Gasteiger partial charge in [-0.25, -0.2) is 9.78 Å². The van der Waals surface area contributed by atoms with Gasteiger partial charge in [-0.2, -0.15) is 0 Å². The summed E-state index contributed by atoms with van der Waals surface area (Å²) in [5.74, 6) is -0.349. The van der Waals surface area contributed by atoms with Gasteiger partial charge in [0.15, 0.2) is 0 Å². The van der Waals surface area contributed by atoms with Gasteiger partial charge >= 0.3 is 5.97 Å². The molecule has 0 saturated carbocycles. The lowest BCUT2D eigenvalue weighted by Crippen LogP contribution is -2.01. The van der Waals surface area contributed by atoms with Crippen molar-refractivity contribution in [1.29, 1.82) is 0 Å². The summed E-state index contributed by atoms with van der Waals surface area (Å²) in [5, 5.41) is 0.470. The molecule has 0 N–H and O–H groups in total. The van der Waals surface area contributed by atoms with Gasteiger partial charge in [0, 0.05) is 0 Å². The minimum Gasteiger partial charge on any atom is -0.473 e.